The van der Waals surface area contributed by atoms with Crippen molar-refractivity contribution in [2.75, 3.05) is 17.3 Å². The van der Waals surface area contributed by atoms with Gasteiger partial charge < -0.3 is 19.4 Å². The molecule has 1 atom stereocenters. The Bertz CT molecular complexity index is 1400. The van der Waals surface area contributed by atoms with E-state index in [1.54, 1.807) is 11.0 Å². The summed E-state index contributed by atoms with van der Waals surface area (Å²) in [5, 5.41) is 23.0. The van der Waals surface area contributed by atoms with Gasteiger partial charge in [0.2, 0.25) is 0 Å². The van der Waals surface area contributed by atoms with Gasteiger partial charge >= 0.3 is 0 Å². The first kappa shape index (κ1) is 19.4. The number of benzene rings is 2. The molecule has 9 heteroatoms. The second kappa shape index (κ2) is 6.75. The number of aromatic amines is 1. The van der Waals surface area contributed by atoms with Crippen LogP contribution in [0, 0.1) is 24.0 Å². The van der Waals surface area contributed by atoms with Crippen LogP contribution < -0.4 is 4.90 Å². The van der Waals surface area contributed by atoms with Gasteiger partial charge in [0.15, 0.2) is 5.76 Å². The molecular formula is C22H18ClN3O5. The Morgan fingerprint density at radius 2 is 2.13 bits per heavy atom. The van der Waals surface area contributed by atoms with Gasteiger partial charge in [-0.05, 0) is 37.1 Å². The third-order valence-corrected chi connectivity index (χ3v) is 6.40. The Hall–Kier alpha value is -3.52. The molecule has 3 heterocycles. The number of non-ortho nitro benzene ring substituents is 1. The number of alkyl halides is 1. The van der Waals surface area contributed by atoms with Crippen molar-refractivity contribution in [2.24, 2.45) is 0 Å². The molecule has 0 bridgehead atoms. The number of phenols is 1. The largest absolute Gasteiger partial charge is 0.506 e. The highest BCUT2D eigenvalue weighted by Crippen LogP contribution is 2.47. The molecule has 158 valence electrons. The smallest absolute Gasteiger partial charge is 0.294 e. The number of nitro benzene ring substituents is 1. The Morgan fingerprint density at radius 1 is 1.35 bits per heavy atom. The molecule has 0 radical (unpaired) electrons. The van der Waals surface area contributed by atoms with Crippen molar-refractivity contribution in [1.82, 2.24) is 4.98 Å². The highest BCUT2D eigenvalue weighted by molar-refractivity contribution is 6.19. The van der Waals surface area contributed by atoms with Crippen molar-refractivity contribution in [1.29, 1.82) is 0 Å². The number of nitrogens with one attached hydrogen (secondary N) is 1. The number of phenolic OH excluding ortho intramolecular Hbond substituents is 1. The molecule has 2 aromatic carbocycles. The standard InChI is InChI=1S/C22H18ClN3O5/c1-10-11(2)24-21-16(27)7-15-20(19(10)21)13(8-23)9-25(15)22(28)18-6-12-5-14(26(29)30)3-4-17(12)31-18/h3-7,13,24,27H,8-9H2,1-2H3/t13-/m1/s1. The minimum atomic E-state index is -0.495. The van der Waals surface area contributed by atoms with Gasteiger partial charge in [0.25, 0.3) is 11.6 Å². The summed E-state index contributed by atoms with van der Waals surface area (Å²) < 4.78 is 5.69. The summed E-state index contributed by atoms with van der Waals surface area (Å²) in [5.74, 6) is -0.0667. The SMILES string of the molecule is Cc1[nH]c2c(O)cc3c(c2c1C)[C@H](CCl)CN3C(=O)c1cc2cc([N+](=O)[O-])ccc2o1. The molecule has 2 N–H and O–H groups in total. The summed E-state index contributed by atoms with van der Waals surface area (Å²) in [6, 6.07) is 7.26. The first-order valence-corrected chi connectivity index (χ1v) is 10.2. The number of aromatic nitrogens is 1. The number of amides is 1. The van der Waals surface area contributed by atoms with Crippen LogP contribution in [0.3, 0.4) is 0 Å². The van der Waals surface area contributed by atoms with E-state index in [4.69, 9.17) is 16.0 Å². The normalized spacial score (nSPS) is 15.7. The van der Waals surface area contributed by atoms with Crippen molar-refractivity contribution in [3.05, 3.63) is 63.0 Å². The van der Waals surface area contributed by atoms with Crippen LogP contribution in [0.25, 0.3) is 21.9 Å². The predicted octanol–water partition coefficient (Wildman–Crippen LogP) is 5.13. The summed E-state index contributed by atoms with van der Waals surface area (Å²) in [7, 11) is 0. The van der Waals surface area contributed by atoms with Crippen LogP contribution in [0.2, 0.25) is 0 Å². The number of H-pyrrole nitrogens is 1. The quantitative estimate of drug-likeness (QED) is 0.261. The summed E-state index contributed by atoms with van der Waals surface area (Å²) in [4.78, 5) is 28.7. The van der Waals surface area contributed by atoms with Gasteiger partial charge in [-0.15, -0.1) is 11.6 Å². The number of aromatic hydroxyl groups is 1. The molecule has 1 aliphatic rings. The van der Waals surface area contributed by atoms with Gasteiger partial charge in [-0.25, -0.2) is 0 Å². The van der Waals surface area contributed by atoms with E-state index >= 15 is 0 Å². The van der Waals surface area contributed by atoms with E-state index in [-0.39, 0.29) is 23.1 Å². The number of halogens is 1. The van der Waals surface area contributed by atoms with Crippen LogP contribution in [0.1, 0.15) is 33.3 Å². The van der Waals surface area contributed by atoms with Gasteiger partial charge in [0.05, 0.1) is 16.1 Å². The number of rotatable bonds is 3. The van der Waals surface area contributed by atoms with E-state index in [1.807, 2.05) is 13.8 Å². The molecule has 31 heavy (non-hydrogen) atoms. The molecule has 2 aromatic heterocycles. The zero-order valence-corrected chi connectivity index (χ0v) is 17.5. The number of carbonyl (C=O) groups excluding carboxylic acids is 1. The van der Waals surface area contributed by atoms with Gasteiger partial charge in [0, 0.05) is 53.0 Å². The molecule has 0 fully saturated rings. The molecule has 4 aromatic rings. The topological polar surface area (TPSA) is 113 Å². The maximum atomic E-state index is 13.4. The van der Waals surface area contributed by atoms with E-state index in [2.05, 4.69) is 4.98 Å². The van der Waals surface area contributed by atoms with Gasteiger partial charge in [-0.3, -0.25) is 14.9 Å². The monoisotopic (exact) mass is 439 g/mol. The number of aryl methyl sites for hydroxylation is 2. The zero-order valence-electron chi connectivity index (χ0n) is 16.7. The molecule has 1 amide bonds. The van der Waals surface area contributed by atoms with Crippen molar-refractivity contribution < 1.29 is 19.2 Å². The van der Waals surface area contributed by atoms with Crippen molar-refractivity contribution in [3.63, 3.8) is 0 Å². The molecule has 1 aliphatic heterocycles. The van der Waals surface area contributed by atoms with Crippen molar-refractivity contribution >= 4 is 50.8 Å². The van der Waals surface area contributed by atoms with E-state index < -0.39 is 10.8 Å². The number of nitrogens with zero attached hydrogens (tertiary/aromatic N) is 2. The number of anilines is 1. The Balaban J connectivity index is 1.63. The van der Waals surface area contributed by atoms with Crippen LogP contribution >= 0.6 is 11.6 Å². The lowest BCUT2D eigenvalue weighted by Crippen LogP contribution is -2.29. The minimum Gasteiger partial charge on any atom is -0.506 e. The maximum Gasteiger partial charge on any atom is 0.294 e. The van der Waals surface area contributed by atoms with E-state index in [1.165, 1.54) is 24.3 Å². The average molecular weight is 440 g/mol. The first-order valence-electron chi connectivity index (χ1n) is 9.70. The number of fused-ring (bicyclic) bond motifs is 4. The molecular weight excluding hydrogens is 422 g/mol. The molecule has 0 unspecified atom stereocenters. The van der Waals surface area contributed by atoms with Gasteiger partial charge in [-0.1, -0.05) is 0 Å². The lowest BCUT2D eigenvalue weighted by atomic mass is 9.96. The molecule has 5 rings (SSSR count). The molecule has 0 aliphatic carbocycles. The Labute approximate surface area is 181 Å². The highest BCUT2D eigenvalue weighted by atomic mass is 35.5. The van der Waals surface area contributed by atoms with Gasteiger partial charge in [-0.2, -0.15) is 0 Å². The molecule has 0 saturated heterocycles. The lowest BCUT2D eigenvalue weighted by Gasteiger charge is -2.16. The van der Waals surface area contributed by atoms with Crippen LogP contribution in [0.4, 0.5) is 11.4 Å². The number of carbonyl (C=O) groups is 1. The summed E-state index contributed by atoms with van der Waals surface area (Å²) in [5.41, 5.74) is 4.40. The van der Waals surface area contributed by atoms with Crippen LogP contribution in [0.5, 0.6) is 5.75 Å². The molecule has 0 spiro atoms. The second-order valence-electron chi connectivity index (χ2n) is 7.81. The predicted molar refractivity (Wildman–Crippen MR) is 117 cm³/mol. The molecule has 0 saturated carbocycles. The second-order valence-corrected chi connectivity index (χ2v) is 8.12. The van der Waals surface area contributed by atoms with E-state index in [0.717, 1.165) is 22.2 Å². The van der Waals surface area contributed by atoms with Crippen LogP contribution in [-0.2, 0) is 0 Å². The van der Waals surface area contributed by atoms with E-state index in [9.17, 15) is 20.0 Å². The summed E-state index contributed by atoms with van der Waals surface area (Å²) in [6.07, 6.45) is 0. The number of furan rings is 1. The van der Waals surface area contributed by atoms with Gasteiger partial charge in [0.1, 0.15) is 11.3 Å². The fourth-order valence-electron chi connectivity index (χ4n) is 4.40. The third kappa shape index (κ3) is 2.79. The average Bonchev–Trinajstić information content (AvgIpc) is 3.41. The lowest BCUT2D eigenvalue weighted by molar-refractivity contribution is -0.384. The third-order valence-electron chi connectivity index (χ3n) is 6.03. The minimum absolute atomic E-state index is 0.0539. The highest BCUT2D eigenvalue weighted by Gasteiger charge is 2.37. The number of hydrogen-bond donors (Lipinski definition) is 2. The fourth-order valence-corrected chi connectivity index (χ4v) is 4.65. The Kier molecular flexibility index (Phi) is 4.23. The van der Waals surface area contributed by atoms with E-state index in [0.29, 0.717) is 34.6 Å². The fraction of sp³-hybridized carbons (Fsp3) is 0.227. The Morgan fingerprint density at radius 3 is 2.84 bits per heavy atom. The van der Waals surface area contributed by atoms with Crippen molar-refractivity contribution in [3.8, 4) is 5.75 Å². The van der Waals surface area contributed by atoms with Crippen LogP contribution in [-0.4, -0.2) is 33.3 Å². The zero-order chi connectivity index (χ0) is 22.0. The molecule has 8 nitrogen and oxygen atoms in total. The summed E-state index contributed by atoms with van der Waals surface area (Å²) >= 11 is 6.26. The van der Waals surface area contributed by atoms with Crippen LogP contribution in [0.15, 0.2) is 34.7 Å². The maximum absolute atomic E-state index is 13.4. The first-order chi connectivity index (χ1) is 14.8. The summed E-state index contributed by atoms with van der Waals surface area (Å²) in [6.45, 7) is 4.25. The van der Waals surface area contributed by atoms with Crippen molar-refractivity contribution in [2.45, 2.75) is 19.8 Å². The number of nitro groups is 1. The number of hydrogen-bond acceptors (Lipinski definition) is 5.